The maximum absolute atomic E-state index is 13.6. The first-order chi connectivity index (χ1) is 19.0. The van der Waals surface area contributed by atoms with Gasteiger partial charge in [-0.15, -0.1) is 0 Å². The van der Waals surface area contributed by atoms with Crippen molar-refractivity contribution in [2.75, 3.05) is 11.9 Å². The van der Waals surface area contributed by atoms with Gasteiger partial charge < -0.3 is 10.1 Å². The van der Waals surface area contributed by atoms with Crippen LogP contribution in [0.1, 0.15) is 34.0 Å². The molecule has 0 aliphatic rings. The molecule has 5 rings (SSSR count). The first-order valence-corrected chi connectivity index (χ1v) is 13.2. The SMILES string of the molecule is CCOC(=O)Cc1cccc(CNc2cccc(-c3c(C(=O)c4ccccc4)cnc4c(Cl)cccc34)c2)c1. The molecule has 0 spiro atoms. The van der Waals surface area contributed by atoms with Crippen LogP contribution >= 0.6 is 11.6 Å². The number of aromatic nitrogens is 1. The van der Waals surface area contributed by atoms with Gasteiger partial charge in [-0.05, 0) is 41.8 Å². The third kappa shape index (κ3) is 6.00. The van der Waals surface area contributed by atoms with E-state index in [1.165, 1.54) is 0 Å². The number of nitrogens with zero attached hydrogens (tertiary/aromatic N) is 1. The lowest BCUT2D eigenvalue weighted by Crippen LogP contribution is -2.08. The van der Waals surface area contributed by atoms with E-state index in [4.69, 9.17) is 16.3 Å². The number of nitrogens with one attached hydrogen (secondary N) is 1. The Morgan fingerprint density at radius 1 is 0.872 bits per heavy atom. The minimum atomic E-state index is -0.235. The molecule has 0 atom stereocenters. The van der Waals surface area contributed by atoms with Crippen molar-refractivity contribution >= 4 is 39.9 Å². The summed E-state index contributed by atoms with van der Waals surface area (Å²) in [5.41, 5.74) is 6.28. The van der Waals surface area contributed by atoms with Crippen molar-refractivity contribution in [3.8, 4) is 11.1 Å². The standard InChI is InChI=1S/C33H27ClN2O3/c1-2-39-30(37)18-22-9-6-10-23(17-22)20-35-26-14-7-13-25(19-26)31-27-15-8-16-29(34)32(27)36-21-28(31)33(38)24-11-4-3-5-12-24/h3-17,19,21,35H,2,18,20H2,1H3. The first-order valence-electron chi connectivity index (χ1n) is 12.8. The number of carbonyl (C=O) groups is 2. The molecule has 0 bridgehead atoms. The zero-order chi connectivity index (χ0) is 27.2. The number of hydrogen-bond acceptors (Lipinski definition) is 5. The molecule has 6 heteroatoms. The first kappa shape index (κ1) is 26.1. The minimum absolute atomic E-state index is 0.100. The molecule has 4 aromatic carbocycles. The van der Waals surface area contributed by atoms with Crippen LogP contribution in [0.25, 0.3) is 22.0 Å². The van der Waals surface area contributed by atoms with E-state index in [0.29, 0.717) is 34.8 Å². The summed E-state index contributed by atoms with van der Waals surface area (Å²) in [5.74, 6) is -0.336. The van der Waals surface area contributed by atoms with Crippen LogP contribution in [0.3, 0.4) is 0 Å². The Labute approximate surface area is 232 Å². The largest absolute Gasteiger partial charge is 0.466 e. The van der Waals surface area contributed by atoms with E-state index >= 15 is 0 Å². The number of carbonyl (C=O) groups excluding carboxylic acids is 2. The molecule has 5 nitrogen and oxygen atoms in total. The van der Waals surface area contributed by atoms with Gasteiger partial charge in [0.2, 0.25) is 0 Å². The van der Waals surface area contributed by atoms with Gasteiger partial charge in [-0.25, -0.2) is 0 Å². The molecule has 0 saturated carbocycles. The molecular weight excluding hydrogens is 508 g/mol. The summed E-state index contributed by atoms with van der Waals surface area (Å²) in [7, 11) is 0. The van der Waals surface area contributed by atoms with Gasteiger partial charge in [-0.2, -0.15) is 0 Å². The molecule has 39 heavy (non-hydrogen) atoms. The maximum atomic E-state index is 13.6. The van der Waals surface area contributed by atoms with E-state index in [9.17, 15) is 9.59 Å². The molecule has 1 N–H and O–H groups in total. The number of esters is 1. The zero-order valence-corrected chi connectivity index (χ0v) is 22.2. The molecule has 0 aliphatic carbocycles. The number of ketones is 1. The molecule has 1 heterocycles. The summed E-state index contributed by atoms with van der Waals surface area (Å²) < 4.78 is 5.07. The van der Waals surface area contributed by atoms with Crippen LogP contribution in [-0.2, 0) is 22.5 Å². The van der Waals surface area contributed by atoms with Crippen molar-refractivity contribution in [1.82, 2.24) is 4.98 Å². The van der Waals surface area contributed by atoms with Gasteiger partial charge in [0.05, 0.1) is 23.6 Å². The average molecular weight is 535 g/mol. The fourth-order valence-corrected chi connectivity index (χ4v) is 4.86. The van der Waals surface area contributed by atoms with Crippen LogP contribution in [0.15, 0.2) is 103 Å². The normalized spacial score (nSPS) is 10.8. The maximum Gasteiger partial charge on any atom is 0.310 e. The number of benzene rings is 4. The molecule has 5 aromatic rings. The van der Waals surface area contributed by atoms with E-state index in [2.05, 4.69) is 10.3 Å². The highest BCUT2D eigenvalue weighted by Crippen LogP contribution is 2.36. The van der Waals surface area contributed by atoms with Gasteiger partial charge in [0.25, 0.3) is 0 Å². The zero-order valence-electron chi connectivity index (χ0n) is 21.5. The van der Waals surface area contributed by atoms with Crippen LogP contribution in [0.2, 0.25) is 5.02 Å². The van der Waals surface area contributed by atoms with Crippen LogP contribution < -0.4 is 5.32 Å². The van der Waals surface area contributed by atoms with Gasteiger partial charge in [-0.3, -0.25) is 14.6 Å². The molecule has 0 aliphatic heterocycles. The molecule has 0 fully saturated rings. The lowest BCUT2D eigenvalue weighted by atomic mass is 9.92. The highest BCUT2D eigenvalue weighted by atomic mass is 35.5. The second-order valence-electron chi connectivity index (χ2n) is 9.11. The number of para-hydroxylation sites is 1. The predicted molar refractivity (Wildman–Crippen MR) is 156 cm³/mol. The smallest absolute Gasteiger partial charge is 0.310 e. The van der Waals surface area contributed by atoms with E-state index in [-0.39, 0.29) is 18.2 Å². The molecule has 0 saturated heterocycles. The Kier molecular flexibility index (Phi) is 7.99. The van der Waals surface area contributed by atoms with E-state index < -0.39 is 0 Å². The molecular formula is C33H27ClN2O3. The molecule has 194 valence electrons. The van der Waals surface area contributed by atoms with E-state index in [0.717, 1.165) is 33.3 Å². The predicted octanol–water partition coefficient (Wildman–Crippen LogP) is 7.50. The Morgan fingerprint density at radius 2 is 1.64 bits per heavy atom. The summed E-state index contributed by atoms with van der Waals surface area (Å²) in [6.45, 7) is 2.74. The Morgan fingerprint density at radius 3 is 2.46 bits per heavy atom. The Balaban J connectivity index is 1.48. The molecule has 0 unspecified atom stereocenters. The van der Waals surface area contributed by atoms with Gasteiger partial charge in [-0.1, -0.05) is 90.5 Å². The van der Waals surface area contributed by atoms with Crippen molar-refractivity contribution in [2.24, 2.45) is 0 Å². The second kappa shape index (κ2) is 11.9. The number of ether oxygens (including phenoxy) is 1. The van der Waals surface area contributed by atoms with Crippen molar-refractivity contribution in [2.45, 2.75) is 19.9 Å². The van der Waals surface area contributed by atoms with Crippen molar-refractivity contribution in [3.05, 3.63) is 131 Å². The second-order valence-corrected chi connectivity index (χ2v) is 9.52. The number of rotatable bonds is 9. The average Bonchev–Trinajstić information content (AvgIpc) is 2.96. The summed E-state index contributed by atoms with van der Waals surface area (Å²) in [5, 5.41) is 4.82. The monoisotopic (exact) mass is 534 g/mol. The number of hydrogen-bond donors (Lipinski definition) is 1. The van der Waals surface area contributed by atoms with Crippen molar-refractivity contribution < 1.29 is 14.3 Å². The van der Waals surface area contributed by atoms with E-state index in [1.807, 2.05) is 91.0 Å². The lowest BCUT2D eigenvalue weighted by molar-refractivity contribution is -0.142. The highest BCUT2D eigenvalue weighted by Gasteiger charge is 2.19. The third-order valence-electron chi connectivity index (χ3n) is 6.42. The van der Waals surface area contributed by atoms with Gasteiger partial charge in [0.1, 0.15) is 0 Å². The summed E-state index contributed by atoms with van der Waals surface area (Å²) in [6, 6.07) is 30.7. The topological polar surface area (TPSA) is 68.3 Å². The quantitative estimate of drug-likeness (QED) is 0.156. The fraction of sp³-hybridized carbons (Fsp3) is 0.121. The Bertz CT molecular complexity index is 1650. The molecule has 1 aromatic heterocycles. The summed E-state index contributed by atoms with van der Waals surface area (Å²) in [6.07, 6.45) is 1.86. The van der Waals surface area contributed by atoms with Crippen LogP contribution in [0, 0.1) is 0 Å². The van der Waals surface area contributed by atoms with Crippen molar-refractivity contribution in [1.29, 1.82) is 0 Å². The number of anilines is 1. The van der Waals surface area contributed by atoms with E-state index in [1.54, 1.807) is 19.2 Å². The third-order valence-corrected chi connectivity index (χ3v) is 6.73. The number of pyridine rings is 1. The molecule has 0 radical (unpaired) electrons. The van der Waals surface area contributed by atoms with Crippen LogP contribution in [0.4, 0.5) is 5.69 Å². The van der Waals surface area contributed by atoms with Gasteiger partial charge in [0.15, 0.2) is 5.78 Å². The lowest BCUT2D eigenvalue weighted by Gasteiger charge is -2.15. The van der Waals surface area contributed by atoms with Gasteiger partial charge >= 0.3 is 5.97 Å². The minimum Gasteiger partial charge on any atom is -0.466 e. The summed E-state index contributed by atoms with van der Waals surface area (Å²) in [4.78, 5) is 30.0. The highest BCUT2D eigenvalue weighted by molar-refractivity contribution is 6.35. The summed E-state index contributed by atoms with van der Waals surface area (Å²) >= 11 is 6.49. The van der Waals surface area contributed by atoms with Crippen LogP contribution in [0.5, 0.6) is 0 Å². The Hall–Kier alpha value is -4.48. The van der Waals surface area contributed by atoms with Crippen LogP contribution in [-0.4, -0.2) is 23.3 Å². The number of halogens is 1. The van der Waals surface area contributed by atoms with Crippen molar-refractivity contribution in [3.63, 3.8) is 0 Å². The number of fused-ring (bicyclic) bond motifs is 1. The fourth-order valence-electron chi connectivity index (χ4n) is 4.63. The molecule has 0 amide bonds. The van der Waals surface area contributed by atoms with Gasteiger partial charge in [0, 0.05) is 40.5 Å².